The number of carbonyl (C=O) groups excluding carboxylic acids is 1. The predicted octanol–water partition coefficient (Wildman–Crippen LogP) is 2.11. The van der Waals surface area contributed by atoms with Crippen molar-refractivity contribution in [3.05, 3.63) is 53.4 Å². The first-order valence-corrected chi connectivity index (χ1v) is 12.0. The molecule has 0 spiro atoms. The average Bonchev–Trinajstić information content (AvgIpc) is 3.13. The minimum atomic E-state index is -1.20. The van der Waals surface area contributed by atoms with E-state index in [1.807, 2.05) is 13.8 Å². The number of anilines is 2. The molecule has 190 valence electrons. The van der Waals surface area contributed by atoms with Crippen LogP contribution in [-0.2, 0) is 6.42 Å². The van der Waals surface area contributed by atoms with Crippen molar-refractivity contribution in [2.24, 2.45) is 0 Å². The highest BCUT2D eigenvalue weighted by molar-refractivity contribution is 6.00. The van der Waals surface area contributed by atoms with E-state index in [9.17, 15) is 28.9 Å². The van der Waals surface area contributed by atoms with Gasteiger partial charge >= 0.3 is 0 Å². The zero-order valence-electron chi connectivity index (χ0n) is 19.8. The van der Waals surface area contributed by atoms with Crippen LogP contribution in [0, 0.1) is 11.8 Å². The molecule has 2 aromatic rings. The minimum Gasteiger partial charge on any atom is -0.390 e. The van der Waals surface area contributed by atoms with Crippen molar-refractivity contribution in [1.29, 1.82) is 0 Å². The molecule has 2 fully saturated rings. The van der Waals surface area contributed by atoms with Crippen LogP contribution < -0.4 is 10.6 Å². The molecule has 1 saturated heterocycles. The molecule has 3 atom stereocenters. The SMILES string of the molecule is CCc1ccc(Nc2c(C(=O)N3CC(O)(C(CC)NC4CC(O)C(O)C4)C3)ccnc2F)c(F)c1. The van der Waals surface area contributed by atoms with Crippen LogP contribution in [0.25, 0.3) is 0 Å². The molecule has 1 aromatic carbocycles. The van der Waals surface area contributed by atoms with Crippen molar-refractivity contribution >= 4 is 17.3 Å². The number of hydrogen-bond acceptors (Lipinski definition) is 7. The third-order valence-corrected chi connectivity index (χ3v) is 7.04. The van der Waals surface area contributed by atoms with Gasteiger partial charge in [-0.1, -0.05) is 19.9 Å². The Morgan fingerprint density at radius 3 is 2.49 bits per heavy atom. The fourth-order valence-electron chi connectivity index (χ4n) is 4.96. The number of aryl methyl sites for hydroxylation is 1. The van der Waals surface area contributed by atoms with Gasteiger partial charge in [-0.25, -0.2) is 9.37 Å². The van der Waals surface area contributed by atoms with Gasteiger partial charge in [0.2, 0.25) is 5.95 Å². The topological polar surface area (TPSA) is 118 Å². The summed E-state index contributed by atoms with van der Waals surface area (Å²) in [5.74, 6) is -2.01. The number of benzene rings is 1. The molecule has 2 aliphatic rings. The molecule has 4 rings (SSSR count). The molecule has 0 radical (unpaired) electrons. The standard InChI is InChI=1S/C25H32F2N4O4/c1-3-14-5-6-18(17(26)9-14)30-22-16(7-8-28-23(22)27)24(34)31-12-25(35,13-31)21(4-2)29-15-10-19(32)20(33)11-15/h5-9,15,19-21,29-30,32-33,35H,3-4,10-13H2,1-2H3. The summed E-state index contributed by atoms with van der Waals surface area (Å²) >= 11 is 0. The van der Waals surface area contributed by atoms with E-state index in [2.05, 4.69) is 15.6 Å². The highest BCUT2D eigenvalue weighted by Gasteiger charge is 2.50. The van der Waals surface area contributed by atoms with E-state index in [1.165, 1.54) is 29.3 Å². The Kier molecular flexibility index (Phi) is 7.37. The van der Waals surface area contributed by atoms with Crippen LogP contribution in [0.3, 0.4) is 0 Å². The number of hydrogen-bond donors (Lipinski definition) is 5. The van der Waals surface area contributed by atoms with Crippen molar-refractivity contribution < 1.29 is 28.9 Å². The third-order valence-electron chi connectivity index (χ3n) is 7.04. The molecule has 35 heavy (non-hydrogen) atoms. The second-order valence-corrected chi connectivity index (χ2v) is 9.51. The molecule has 1 aliphatic carbocycles. The first-order chi connectivity index (χ1) is 16.6. The van der Waals surface area contributed by atoms with E-state index in [1.54, 1.807) is 6.07 Å². The Labute approximate surface area is 203 Å². The lowest BCUT2D eigenvalue weighted by molar-refractivity contribution is -0.107. The van der Waals surface area contributed by atoms with E-state index >= 15 is 0 Å². The molecule has 0 bridgehead atoms. The minimum absolute atomic E-state index is 0.0124. The van der Waals surface area contributed by atoms with Gasteiger partial charge in [0.05, 0.1) is 36.5 Å². The van der Waals surface area contributed by atoms with Crippen LogP contribution in [0.1, 0.15) is 49.0 Å². The van der Waals surface area contributed by atoms with Crippen LogP contribution >= 0.6 is 0 Å². The number of carbonyl (C=O) groups is 1. The van der Waals surface area contributed by atoms with E-state index in [0.29, 0.717) is 25.7 Å². The van der Waals surface area contributed by atoms with Crippen molar-refractivity contribution in [3.8, 4) is 0 Å². The van der Waals surface area contributed by atoms with Crippen molar-refractivity contribution in [2.75, 3.05) is 18.4 Å². The number of likely N-dealkylation sites (tertiary alicyclic amines) is 1. The summed E-state index contributed by atoms with van der Waals surface area (Å²) in [7, 11) is 0. The van der Waals surface area contributed by atoms with Gasteiger partial charge in [0.25, 0.3) is 5.91 Å². The fourth-order valence-corrected chi connectivity index (χ4v) is 4.96. The van der Waals surface area contributed by atoms with Crippen molar-refractivity contribution in [1.82, 2.24) is 15.2 Å². The predicted molar refractivity (Wildman–Crippen MR) is 126 cm³/mol. The average molecular weight is 491 g/mol. The molecule has 3 unspecified atom stereocenters. The number of aromatic nitrogens is 1. The van der Waals surface area contributed by atoms with E-state index < -0.39 is 35.5 Å². The first-order valence-electron chi connectivity index (χ1n) is 12.0. The number of nitrogens with zero attached hydrogens (tertiary/aromatic N) is 2. The maximum atomic E-state index is 14.6. The van der Waals surface area contributed by atoms with Gasteiger partial charge < -0.3 is 30.9 Å². The molecule has 10 heteroatoms. The van der Waals surface area contributed by atoms with Gasteiger partial charge in [-0.05, 0) is 49.4 Å². The lowest BCUT2D eigenvalue weighted by atomic mass is 9.83. The Bertz CT molecular complexity index is 1070. The van der Waals surface area contributed by atoms with Gasteiger partial charge in [0, 0.05) is 18.3 Å². The highest BCUT2D eigenvalue weighted by Crippen LogP contribution is 2.33. The van der Waals surface area contributed by atoms with Gasteiger partial charge in [-0.2, -0.15) is 4.39 Å². The quantitative estimate of drug-likeness (QED) is 0.360. The molecular weight excluding hydrogens is 458 g/mol. The number of β-amino-alcohol motifs (C(OH)–C–C–N with tert-alkyl or cyclic N) is 1. The second-order valence-electron chi connectivity index (χ2n) is 9.51. The smallest absolute Gasteiger partial charge is 0.256 e. The number of amides is 1. The van der Waals surface area contributed by atoms with Crippen LogP contribution in [0.2, 0.25) is 0 Å². The number of pyridine rings is 1. The lowest BCUT2D eigenvalue weighted by Crippen LogP contribution is -2.72. The van der Waals surface area contributed by atoms with Gasteiger partial charge in [-0.3, -0.25) is 4.79 Å². The summed E-state index contributed by atoms with van der Waals surface area (Å²) in [5.41, 5.74) is -0.628. The first kappa shape index (κ1) is 25.4. The Balaban J connectivity index is 1.46. The Hall–Kier alpha value is -2.66. The molecule has 2 heterocycles. The van der Waals surface area contributed by atoms with Gasteiger partial charge in [0.1, 0.15) is 17.1 Å². The number of halogens is 2. The van der Waals surface area contributed by atoms with Crippen LogP contribution in [-0.4, -0.2) is 74.1 Å². The molecular formula is C25H32F2N4O4. The molecule has 5 N–H and O–H groups in total. The van der Waals surface area contributed by atoms with Gasteiger partial charge in [0.15, 0.2) is 0 Å². The second kappa shape index (κ2) is 10.1. The maximum absolute atomic E-state index is 14.6. The fraction of sp³-hybridized carbons (Fsp3) is 0.520. The zero-order valence-corrected chi connectivity index (χ0v) is 19.8. The highest BCUT2D eigenvalue weighted by atomic mass is 19.1. The Morgan fingerprint density at radius 2 is 1.89 bits per heavy atom. The number of aliphatic hydroxyl groups is 3. The summed E-state index contributed by atoms with van der Waals surface area (Å²) < 4.78 is 29.1. The summed E-state index contributed by atoms with van der Waals surface area (Å²) in [4.78, 5) is 18.2. The molecule has 1 amide bonds. The lowest BCUT2D eigenvalue weighted by Gasteiger charge is -2.51. The Morgan fingerprint density at radius 1 is 1.20 bits per heavy atom. The van der Waals surface area contributed by atoms with Crippen LogP contribution in [0.15, 0.2) is 30.5 Å². The van der Waals surface area contributed by atoms with Crippen molar-refractivity contribution in [3.63, 3.8) is 0 Å². The van der Waals surface area contributed by atoms with E-state index in [0.717, 1.165) is 5.56 Å². The largest absolute Gasteiger partial charge is 0.390 e. The maximum Gasteiger partial charge on any atom is 0.256 e. The monoisotopic (exact) mass is 490 g/mol. The van der Waals surface area contributed by atoms with E-state index in [4.69, 9.17) is 0 Å². The summed E-state index contributed by atoms with van der Waals surface area (Å²) in [6.07, 6.45) is 1.57. The van der Waals surface area contributed by atoms with Crippen LogP contribution in [0.5, 0.6) is 0 Å². The number of rotatable bonds is 8. The number of nitrogens with one attached hydrogen (secondary N) is 2. The summed E-state index contributed by atoms with van der Waals surface area (Å²) in [6.45, 7) is 3.85. The van der Waals surface area contributed by atoms with Crippen molar-refractivity contribution in [2.45, 2.75) is 69.4 Å². The van der Waals surface area contributed by atoms with Crippen LogP contribution in [0.4, 0.5) is 20.2 Å². The number of aliphatic hydroxyl groups excluding tert-OH is 2. The molecule has 8 nitrogen and oxygen atoms in total. The zero-order chi connectivity index (χ0) is 25.3. The molecule has 1 aliphatic heterocycles. The van der Waals surface area contributed by atoms with Gasteiger partial charge in [-0.15, -0.1) is 0 Å². The van der Waals surface area contributed by atoms with E-state index in [-0.39, 0.29) is 42.1 Å². The summed E-state index contributed by atoms with van der Waals surface area (Å²) in [5, 5.41) is 36.7. The molecule has 1 aromatic heterocycles. The summed E-state index contributed by atoms with van der Waals surface area (Å²) in [6, 6.07) is 5.43. The third kappa shape index (κ3) is 5.16. The normalized spacial score (nSPS) is 24.2. The molecule has 1 saturated carbocycles.